The molecular formula is C24H24N2O3. The highest BCUT2D eigenvalue weighted by Gasteiger charge is 2.03. The predicted molar refractivity (Wildman–Crippen MR) is 114 cm³/mol. The number of carbonyl (C=O) groups excluding carboxylic acids is 1. The Balaban J connectivity index is 1.42. The number of nitrogens with one attached hydrogen (secondary N) is 1. The van der Waals surface area contributed by atoms with Crippen LogP contribution < -0.4 is 14.9 Å². The van der Waals surface area contributed by atoms with Crippen LogP contribution in [0.3, 0.4) is 0 Å². The van der Waals surface area contributed by atoms with Crippen molar-refractivity contribution in [3.8, 4) is 11.5 Å². The molecule has 0 atom stereocenters. The van der Waals surface area contributed by atoms with E-state index in [1.165, 1.54) is 5.56 Å². The SMILES string of the molecule is Cc1ccc(OCC(=O)N/N=C\c2ccc(OCc3ccccc3)cc2)cc1C. The fourth-order valence-corrected chi connectivity index (χ4v) is 2.55. The second-order valence-corrected chi connectivity index (χ2v) is 6.67. The number of hydrogen-bond donors (Lipinski definition) is 1. The number of rotatable bonds is 8. The second-order valence-electron chi connectivity index (χ2n) is 6.67. The van der Waals surface area contributed by atoms with Gasteiger partial charge in [-0.25, -0.2) is 5.43 Å². The van der Waals surface area contributed by atoms with Gasteiger partial charge in [-0.2, -0.15) is 5.10 Å². The molecule has 1 N–H and O–H groups in total. The summed E-state index contributed by atoms with van der Waals surface area (Å²) in [5.74, 6) is 1.12. The van der Waals surface area contributed by atoms with E-state index >= 15 is 0 Å². The maximum atomic E-state index is 11.9. The predicted octanol–water partition coefficient (Wildman–Crippen LogP) is 4.41. The fraction of sp³-hybridized carbons (Fsp3) is 0.167. The molecule has 5 heteroatoms. The second kappa shape index (κ2) is 10.1. The molecule has 3 aromatic carbocycles. The van der Waals surface area contributed by atoms with Gasteiger partial charge in [0.15, 0.2) is 6.61 Å². The van der Waals surface area contributed by atoms with Crippen molar-refractivity contribution in [1.29, 1.82) is 0 Å². The van der Waals surface area contributed by atoms with Gasteiger partial charge in [-0.3, -0.25) is 4.79 Å². The van der Waals surface area contributed by atoms with Crippen LogP contribution in [0.1, 0.15) is 22.3 Å². The molecule has 0 aliphatic rings. The van der Waals surface area contributed by atoms with Crippen LogP contribution >= 0.6 is 0 Å². The highest BCUT2D eigenvalue weighted by Crippen LogP contribution is 2.16. The molecule has 0 radical (unpaired) electrons. The number of ether oxygens (including phenoxy) is 2. The fourth-order valence-electron chi connectivity index (χ4n) is 2.55. The first kappa shape index (κ1) is 20.1. The molecule has 148 valence electrons. The van der Waals surface area contributed by atoms with Gasteiger partial charge in [0.1, 0.15) is 18.1 Å². The molecule has 0 spiro atoms. The summed E-state index contributed by atoms with van der Waals surface area (Å²) in [7, 11) is 0. The van der Waals surface area contributed by atoms with Crippen molar-refractivity contribution in [2.45, 2.75) is 20.5 Å². The summed E-state index contributed by atoms with van der Waals surface area (Å²) in [5, 5.41) is 3.96. The van der Waals surface area contributed by atoms with E-state index in [1.807, 2.05) is 86.6 Å². The maximum absolute atomic E-state index is 11.9. The zero-order valence-electron chi connectivity index (χ0n) is 16.6. The lowest BCUT2D eigenvalue weighted by Crippen LogP contribution is -2.24. The summed E-state index contributed by atoms with van der Waals surface area (Å²) in [5.41, 5.74) is 6.74. The zero-order valence-corrected chi connectivity index (χ0v) is 16.6. The Morgan fingerprint density at radius 1 is 0.897 bits per heavy atom. The lowest BCUT2D eigenvalue weighted by atomic mass is 10.1. The normalized spacial score (nSPS) is 10.7. The van der Waals surface area contributed by atoms with E-state index < -0.39 is 0 Å². The van der Waals surface area contributed by atoms with Crippen LogP contribution in [0.25, 0.3) is 0 Å². The van der Waals surface area contributed by atoms with Crippen LogP contribution in [0.15, 0.2) is 77.9 Å². The standard InChI is InChI=1S/C24H24N2O3/c1-18-8-11-23(14-19(18)2)29-17-24(27)26-25-15-20-9-12-22(13-10-20)28-16-21-6-4-3-5-7-21/h3-15H,16-17H2,1-2H3,(H,26,27)/b25-15-. The molecule has 29 heavy (non-hydrogen) atoms. The zero-order chi connectivity index (χ0) is 20.5. The first-order valence-corrected chi connectivity index (χ1v) is 9.39. The van der Waals surface area contributed by atoms with Crippen LogP contribution in [0.5, 0.6) is 11.5 Å². The molecule has 3 aromatic rings. The Morgan fingerprint density at radius 3 is 2.34 bits per heavy atom. The van der Waals surface area contributed by atoms with Crippen LogP contribution in [0.2, 0.25) is 0 Å². The van der Waals surface area contributed by atoms with E-state index in [9.17, 15) is 4.79 Å². The Labute approximate surface area is 171 Å². The maximum Gasteiger partial charge on any atom is 0.277 e. The van der Waals surface area contributed by atoms with Crippen molar-refractivity contribution in [2.75, 3.05) is 6.61 Å². The van der Waals surface area contributed by atoms with Gasteiger partial charge < -0.3 is 9.47 Å². The number of hydrogen-bond acceptors (Lipinski definition) is 4. The summed E-state index contributed by atoms with van der Waals surface area (Å²) in [4.78, 5) is 11.9. The van der Waals surface area contributed by atoms with Crippen molar-refractivity contribution in [3.63, 3.8) is 0 Å². The van der Waals surface area contributed by atoms with E-state index in [2.05, 4.69) is 10.5 Å². The molecular weight excluding hydrogens is 364 g/mol. The topological polar surface area (TPSA) is 59.9 Å². The van der Waals surface area contributed by atoms with E-state index in [4.69, 9.17) is 9.47 Å². The molecule has 1 amide bonds. The highest BCUT2D eigenvalue weighted by atomic mass is 16.5. The van der Waals surface area contributed by atoms with E-state index in [0.29, 0.717) is 12.4 Å². The third-order valence-corrected chi connectivity index (χ3v) is 4.38. The van der Waals surface area contributed by atoms with Crippen LogP contribution in [0.4, 0.5) is 0 Å². The third-order valence-electron chi connectivity index (χ3n) is 4.38. The van der Waals surface area contributed by atoms with Crippen molar-refractivity contribution < 1.29 is 14.3 Å². The average molecular weight is 388 g/mol. The van der Waals surface area contributed by atoms with Gasteiger partial charge in [0, 0.05) is 0 Å². The van der Waals surface area contributed by atoms with Crippen molar-refractivity contribution in [3.05, 3.63) is 95.1 Å². The average Bonchev–Trinajstić information content (AvgIpc) is 2.75. The van der Waals surface area contributed by atoms with E-state index in [0.717, 1.165) is 22.4 Å². The molecule has 0 aromatic heterocycles. The summed E-state index contributed by atoms with van der Waals surface area (Å²) < 4.78 is 11.2. The Kier molecular flexibility index (Phi) is 7.00. The molecule has 0 aliphatic heterocycles. The summed E-state index contributed by atoms with van der Waals surface area (Å²) in [6.07, 6.45) is 1.58. The quantitative estimate of drug-likeness (QED) is 0.459. The number of aryl methyl sites for hydroxylation is 2. The minimum absolute atomic E-state index is 0.0912. The van der Waals surface area contributed by atoms with Gasteiger partial charge in [0.05, 0.1) is 6.21 Å². The number of carbonyl (C=O) groups is 1. The highest BCUT2D eigenvalue weighted by molar-refractivity contribution is 5.83. The molecule has 0 aliphatic carbocycles. The largest absolute Gasteiger partial charge is 0.489 e. The monoisotopic (exact) mass is 388 g/mol. The number of hydrazone groups is 1. The summed E-state index contributed by atoms with van der Waals surface area (Å²) >= 11 is 0. The molecule has 0 saturated carbocycles. The van der Waals surface area contributed by atoms with Crippen molar-refractivity contribution in [2.24, 2.45) is 5.10 Å². The van der Waals surface area contributed by atoms with Crippen molar-refractivity contribution >= 4 is 12.1 Å². The number of amides is 1. The van der Waals surface area contributed by atoms with Crippen LogP contribution in [0, 0.1) is 13.8 Å². The van der Waals surface area contributed by atoms with Gasteiger partial charge in [-0.05, 0) is 72.5 Å². The third kappa shape index (κ3) is 6.50. The van der Waals surface area contributed by atoms with Crippen LogP contribution in [-0.4, -0.2) is 18.7 Å². The molecule has 0 bridgehead atoms. The summed E-state index contributed by atoms with van der Waals surface area (Å²) in [6, 6.07) is 23.2. The molecule has 5 nitrogen and oxygen atoms in total. The van der Waals surface area contributed by atoms with E-state index in [-0.39, 0.29) is 12.5 Å². The van der Waals surface area contributed by atoms with Crippen LogP contribution in [-0.2, 0) is 11.4 Å². The molecule has 0 fully saturated rings. The molecule has 0 saturated heterocycles. The number of nitrogens with zero attached hydrogens (tertiary/aromatic N) is 1. The minimum Gasteiger partial charge on any atom is -0.489 e. The Hall–Kier alpha value is -3.60. The van der Waals surface area contributed by atoms with Gasteiger partial charge in [0.2, 0.25) is 0 Å². The Morgan fingerprint density at radius 2 is 1.62 bits per heavy atom. The first-order valence-electron chi connectivity index (χ1n) is 9.39. The van der Waals surface area contributed by atoms with Gasteiger partial charge >= 0.3 is 0 Å². The lowest BCUT2D eigenvalue weighted by molar-refractivity contribution is -0.123. The van der Waals surface area contributed by atoms with Crippen molar-refractivity contribution in [1.82, 2.24) is 5.43 Å². The summed E-state index contributed by atoms with van der Waals surface area (Å²) in [6.45, 7) is 4.46. The van der Waals surface area contributed by atoms with Gasteiger partial charge in [-0.1, -0.05) is 36.4 Å². The lowest BCUT2D eigenvalue weighted by Gasteiger charge is -2.07. The van der Waals surface area contributed by atoms with Gasteiger partial charge in [-0.15, -0.1) is 0 Å². The molecule has 0 unspecified atom stereocenters. The Bertz CT molecular complexity index is 967. The van der Waals surface area contributed by atoms with Gasteiger partial charge in [0.25, 0.3) is 5.91 Å². The minimum atomic E-state index is -0.317. The smallest absolute Gasteiger partial charge is 0.277 e. The first-order chi connectivity index (χ1) is 14.1. The number of benzene rings is 3. The molecule has 3 rings (SSSR count). The molecule has 0 heterocycles. The van der Waals surface area contributed by atoms with E-state index in [1.54, 1.807) is 6.21 Å².